The van der Waals surface area contributed by atoms with E-state index in [0.717, 1.165) is 10.5 Å². The van der Waals surface area contributed by atoms with Crippen LogP contribution < -0.4 is 10.1 Å². The van der Waals surface area contributed by atoms with Gasteiger partial charge in [0.1, 0.15) is 11.6 Å². The number of hydrogen-bond donors (Lipinski definition) is 1. The maximum absolute atomic E-state index is 14.1. The molecule has 1 N–H and O–H groups in total. The maximum Gasteiger partial charge on any atom is 0.261 e. The van der Waals surface area contributed by atoms with Crippen LogP contribution in [-0.4, -0.2) is 29.7 Å². The third-order valence-electron chi connectivity index (χ3n) is 5.10. The molecule has 0 radical (unpaired) electrons. The number of rotatable bonds is 5. The van der Waals surface area contributed by atoms with Crippen molar-refractivity contribution in [1.82, 2.24) is 4.90 Å². The second-order valence-electron chi connectivity index (χ2n) is 7.21. The minimum Gasteiger partial charge on any atom is -0.496 e. The monoisotopic (exact) mass is 418 g/mol. The first-order valence-electron chi connectivity index (χ1n) is 9.58. The van der Waals surface area contributed by atoms with Crippen molar-refractivity contribution in [2.75, 3.05) is 12.4 Å². The average molecular weight is 418 g/mol. The molecular formula is C24H19FN2O4. The number of aryl methyl sites for hydroxylation is 1. The third-order valence-corrected chi connectivity index (χ3v) is 5.10. The van der Waals surface area contributed by atoms with E-state index >= 15 is 0 Å². The highest BCUT2D eigenvalue weighted by molar-refractivity contribution is 6.21. The Morgan fingerprint density at radius 3 is 2.29 bits per heavy atom. The van der Waals surface area contributed by atoms with E-state index in [1.807, 2.05) is 0 Å². The second-order valence-corrected chi connectivity index (χ2v) is 7.21. The molecule has 3 aromatic carbocycles. The van der Waals surface area contributed by atoms with Crippen LogP contribution in [0.2, 0.25) is 0 Å². The Morgan fingerprint density at radius 2 is 1.68 bits per heavy atom. The summed E-state index contributed by atoms with van der Waals surface area (Å²) in [6.45, 7) is 1.75. The first-order valence-corrected chi connectivity index (χ1v) is 9.58. The number of halogens is 1. The zero-order chi connectivity index (χ0) is 22.1. The number of benzene rings is 3. The van der Waals surface area contributed by atoms with Gasteiger partial charge < -0.3 is 10.1 Å². The molecule has 1 aliphatic heterocycles. The number of methoxy groups -OCH3 is 1. The quantitative estimate of drug-likeness (QED) is 0.631. The summed E-state index contributed by atoms with van der Waals surface area (Å²) in [4.78, 5) is 39.2. The van der Waals surface area contributed by atoms with E-state index < -0.39 is 11.7 Å². The lowest BCUT2D eigenvalue weighted by molar-refractivity contribution is 0.0642. The van der Waals surface area contributed by atoms with Crippen molar-refractivity contribution in [2.24, 2.45) is 0 Å². The fraction of sp³-hybridized carbons (Fsp3) is 0.125. The van der Waals surface area contributed by atoms with Gasteiger partial charge in [-0.15, -0.1) is 0 Å². The standard InChI is InChI=1S/C24H19FN2O4/c1-14-7-9-20(19(25)11-14)26-22(28)18-12-15(8-10-21(18)31-2)13-27-23(29)16-5-3-4-6-17(16)24(27)30/h3-12H,13H2,1-2H3,(H,26,28). The molecule has 156 valence electrons. The molecule has 0 saturated carbocycles. The number of fused-ring (bicyclic) bond motifs is 1. The highest BCUT2D eigenvalue weighted by Crippen LogP contribution is 2.27. The SMILES string of the molecule is COc1ccc(CN2C(=O)c3ccccc3C2=O)cc1C(=O)Nc1ccc(C)cc1F. The number of amides is 3. The predicted molar refractivity (Wildman–Crippen MR) is 113 cm³/mol. The lowest BCUT2D eigenvalue weighted by Gasteiger charge is -2.16. The molecule has 1 heterocycles. The molecule has 3 aromatic rings. The Morgan fingerprint density at radius 1 is 1.00 bits per heavy atom. The van der Waals surface area contributed by atoms with Crippen LogP contribution >= 0.6 is 0 Å². The minimum absolute atomic E-state index is 0.00445. The van der Waals surface area contributed by atoms with Crippen LogP contribution in [0.4, 0.5) is 10.1 Å². The Kier molecular flexibility index (Phi) is 5.25. The van der Waals surface area contributed by atoms with Gasteiger partial charge in [-0.2, -0.15) is 0 Å². The van der Waals surface area contributed by atoms with Crippen molar-refractivity contribution in [2.45, 2.75) is 13.5 Å². The van der Waals surface area contributed by atoms with Gasteiger partial charge in [0.25, 0.3) is 17.7 Å². The van der Waals surface area contributed by atoms with Crippen molar-refractivity contribution in [3.63, 3.8) is 0 Å². The van der Waals surface area contributed by atoms with Gasteiger partial charge in [0.2, 0.25) is 0 Å². The summed E-state index contributed by atoms with van der Waals surface area (Å²) in [5.74, 6) is -1.59. The number of imide groups is 1. The molecule has 0 bridgehead atoms. The van der Waals surface area contributed by atoms with Crippen molar-refractivity contribution in [3.8, 4) is 5.75 Å². The Bertz CT molecular complexity index is 1190. The highest BCUT2D eigenvalue weighted by atomic mass is 19.1. The van der Waals surface area contributed by atoms with E-state index in [0.29, 0.717) is 16.7 Å². The smallest absolute Gasteiger partial charge is 0.261 e. The molecule has 7 heteroatoms. The summed E-state index contributed by atoms with van der Waals surface area (Å²) in [6.07, 6.45) is 0. The molecule has 3 amide bonds. The van der Waals surface area contributed by atoms with E-state index in [4.69, 9.17) is 4.74 Å². The van der Waals surface area contributed by atoms with Crippen LogP contribution in [0.15, 0.2) is 60.7 Å². The van der Waals surface area contributed by atoms with E-state index in [2.05, 4.69) is 5.32 Å². The predicted octanol–water partition coefficient (Wildman–Crippen LogP) is 4.19. The lowest BCUT2D eigenvalue weighted by Crippen LogP contribution is -2.29. The van der Waals surface area contributed by atoms with E-state index in [1.54, 1.807) is 49.4 Å². The van der Waals surface area contributed by atoms with Crippen LogP contribution in [0, 0.1) is 12.7 Å². The summed E-state index contributed by atoms with van der Waals surface area (Å²) < 4.78 is 19.4. The molecule has 0 fully saturated rings. The van der Waals surface area contributed by atoms with Crippen molar-refractivity contribution in [1.29, 1.82) is 0 Å². The van der Waals surface area contributed by atoms with Gasteiger partial charge in [-0.05, 0) is 54.4 Å². The van der Waals surface area contributed by atoms with Gasteiger partial charge >= 0.3 is 0 Å². The summed E-state index contributed by atoms with van der Waals surface area (Å²) in [6, 6.07) is 15.9. The van der Waals surface area contributed by atoms with Crippen molar-refractivity contribution in [3.05, 3.63) is 94.3 Å². The maximum atomic E-state index is 14.1. The highest BCUT2D eigenvalue weighted by Gasteiger charge is 2.35. The molecule has 6 nitrogen and oxygen atoms in total. The largest absolute Gasteiger partial charge is 0.496 e. The molecule has 0 aliphatic carbocycles. The number of anilines is 1. The van der Waals surface area contributed by atoms with Crippen molar-refractivity contribution < 1.29 is 23.5 Å². The molecule has 4 rings (SSSR count). The molecule has 31 heavy (non-hydrogen) atoms. The van der Waals surface area contributed by atoms with Gasteiger partial charge in [-0.1, -0.05) is 24.3 Å². The summed E-state index contributed by atoms with van der Waals surface area (Å²) in [5.41, 5.74) is 2.21. The molecule has 1 aliphatic rings. The van der Waals surface area contributed by atoms with Gasteiger partial charge in [-0.25, -0.2) is 4.39 Å². The first-order chi connectivity index (χ1) is 14.9. The van der Waals surface area contributed by atoms with Crippen LogP contribution in [0.5, 0.6) is 5.75 Å². The number of carbonyl (C=O) groups is 3. The molecule has 0 unspecified atom stereocenters. The van der Waals surface area contributed by atoms with Crippen LogP contribution in [0.25, 0.3) is 0 Å². The lowest BCUT2D eigenvalue weighted by atomic mass is 10.1. The number of nitrogens with zero attached hydrogens (tertiary/aromatic N) is 1. The van der Waals surface area contributed by atoms with Crippen LogP contribution in [0.1, 0.15) is 42.2 Å². The van der Waals surface area contributed by atoms with E-state index in [9.17, 15) is 18.8 Å². The van der Waals surface area contributed by atoms with Gasteiger partial charge in [0.15, 0.2) is 0 Å². The fourth-order valence-corrected chi connectivity index (χ4v) is 3.51. The normalized spacial score (nSPS) is 12.7. The van der Waals surface area contributed by atoms with E-state index in [-0.39, 0.29) is 35.4 Å². The van der Waals surface area contributed by atoms with Gasteiger partial charge in [0.05, 0.1) is 36.0 Å². The Hall–Kier alpha value is -4.00. The molecular weight excluding hydrogens is 399 g/mol. The number of nitrogens with one attached hydrogen (secondary N) is 1. The fourth-order valence-electron chi connectivity index (χ4n) is 3.51. The summed E-state index contributed by atoms with van der Waals surface area (Å²) in [7, 11) is 1.42. The molecule has 0 spiro atoms. The van der Waals surface area contributed by atoms with Crippen LogP contribution in [0.3, 0.4) is 0 Å². The number of carbonyl (C=O) groups excluding carboxylic acids is 3. The number of ether oxygens (including phenoxy) is 1. The van der Waals surface area contributed by atoms with Gasteiger partial charge in [0, 0.05) is 0 Å². The summed E-state index contributed by atoms with van der Waals surface area (Å²) in [5, 5.41) is 2.54. The first kappa shape index (κ1) is 20.3. The van der Waals surface area contributed by atoms with Crippen molar-refractivity contribution >= 4 is 23.4 Å². The zero-order valence-electron chi connectivity index (χ0n) is 16.9. The third kappa shape index (κ3) is 3.77. The Balaban J connectivity index is 1.60. The van der Waals surface area contributed by atoms with Gasteiger partial charge in [-0.3, -0.25) is 19.3 Å². The topological polar surface area (TPSA) is 75.7 Å². The average Bonchev–Trinajstić information content (AvgIpc) is 3.00. The molecule has 0 atom stereocenters. The van der Waals surface area contributed by atoms with E-state index in [1.165, 1.54) is 25.3 Å². The molecule has 0 aromatic heterocycles. The summed E-state index contributed by atoms with van der Waals surface area (Å²) >= 11 is 0. The molecule has 0 saturated heterocycles. The second kappa shape index (κ2) is 8.02. The zero-order valence-corrected chi connectivity index (χ0v) is 16.9. The van der Waals surface area contributed by atoms with Crippen LogP contribution in [-0.2, 0) is 6.54 Å². The Labute approximate surface area is 178 Å². The minimum atomic E-state index is -0.566. The number of hydrogen-bond acceptors (Lipinski definition) is 4.